The molecule has 1 heterocycles. The van der Waals surface area contributed by atoms with Gasteiger partial charge in [0.15, 0.2) is 5.69 Å². The largest absolute Gasteiger partial charge is 0.457 e. The van der Waals surface area contributed by atoms with Gasteiger partial charge in [0.1, 0.15) is 18.0 Å². The van der Waals surface area contributed by atoms with Crippen molar-refractivity contribution in [2.45, 2.75) is 12.7 Å². The molecule has 3 aromatic rings. The van der Waals surface area contributed by atoms with Crippen LogP contribution in [-0.4, -0.2) is 22.7 Å². The highest BCUT2D eigenvalue weighted by Crippen LogP contribution is 2.27. The van der Waals surface area contributed by atoms with Crippen LogP contribution in [0.15, 0.2) is 66.9 Å². The lowest BCUT2D eigenvalue weighted by molar-refractivity contribution is -0.141. The van der Waals surface area contributed by atoms with Crippen molar-refractivity contribution in [3.63, 3.8) is 0 Å². The highest BCUT2D eigenvalue weighted by Gasteiger charge is 2.33. The normalized spacial score (nSPS) is 11.3. The van der Waals surface area contributed by atoms with E-state index in [2.05, 4.69) is 5.10 Å². The van der Waals surface area contributed by atoms with Crippen molar-refractivity contribution in [1.82, 2.24) is 9.78 Å². The van der Waals surface area contributed by atoms with Crippen LogP contribution < -0.4 is 9.64 Å². The fourth-order valence-corrected chi connectivity index (χ4v) is 2.35. The average Bonchev–Trinajstić information content (AvgIpc) is 3.11. The van der Waals surface area contributed by atoms with Gasteiger partial charge >= 0.3 is 6.18 Å². The van der Waals surface area contributed by atoms with Gasteiger partial charge in [-0.25, -0.2) is 0 Å². The first-order valence-electron chi connectivity index (χ1n) is 8.03. The van der Waals surface area contributed by atoms with E-state index in [1.807, 2.05) is 30.3 Å². The van der Waals surface area contributed by atoms with E-state index in [1.165, 1.54) is 4.90 Å². The third-order valence-corrected chi connectivity index (χ3v) is 3.81. The number of likely N-dealkylation sites (N-methyl/N-ethyl adjacent to an activating group) is 1. The molecule has 1 aromatic heterocycles. The second-order valence-corrected chi connectivity index (χ2v) is 5.76. The molecule has 0 atom stereocenters. The molecule has 0 aliphatic carbocycles. The number of hydrogen-bond donors (Lipinski definition) is 0. The molecule has 0 spiro atoms. The molecule has 3 rings (SSSR count). The Kier molecular flexibility index (Phi) is 5.16. The van der Waals surface area contributed by atoms with Crippen LogP contribution in [0.3, 0.4) is 0 Å². The minimum absolute atomic E-state index is 0.297. The molecule has 0 aliphatic rings. The summed E-state index contributed by atoms with van der Waals surface area (Å²) in [5.41, 5.74) is -0.441. The molecule has 0 radical (unpaired) electrons. The number of alkyl halides is 3. The number of amides is 1. The molecular formula is C19H16F3N3O2. The number of hydrogen-bond acceptors (Lipinski definition) is 3. The van der Waals surface area contributed by atoms with E-state index < -0.39 is 17.8 Å². The number of para-hydroxylation sites is 1. The molecule has 0 aliphatic heterocycles. The maximum atomic E-state index is 12.6. The summed E-state index contributed by atoms with van der Waals surface area (Å²) in [4.78, 5) is 13.6. The van der Waals surface area contributed by atoms with Gasteiger partial charge in [-0.15, -0.1) is 0 Å². The smallest absolute Gasteiger partial charge is 0.435 e. The lowest BCUT2D eigenvalue weighted by Crippen LogP contribution is -2.30. The molecule has 1 amide bonds. The van der Waals surface area contributed by atoms with Gasteiger partial charge in [-0.1, -0.05) is 18.2 Å². The number of benzene rings is 2. The van der Waals surface area contributed by atoms with Gasteiger partial charge < -0.3 is 9.64 Å². The van der Waals surface area contributed by atoms with Gasteiger partial charge in [-0.05, 0) is 42.5 Å². The number of carbonyl (C=O) groups excluding carboxylic acids is 1. The Morgan fingerprint density at radius 2 is 1.67 bits per heavy atom. The third kappa shape index (κ3) is 4.66. The number of ether oxygens (including phenoxy) is 1. The predicted octanol–water partition coefficient (Wildman–Crippen LogP) is 4.36. The Balaban J connectivity index is 1.63. The molecule has 2 aromatic carbocycles. The van der Waals surface area contributed by atoms with Crippen LogP contribution in [0.2, 0.25) is 0 Å². The van der Waals surface area contributed by atoms with Crippen molar-refractivity contribution in [3.05, 3.63) is 72.6 Å². The zero-order chi connectivity index (χ0) is 19.4. The summed E-state index contributed by atoms with van der Waals surface area (Å²) in [6.07, 6.45) is -3.40. The van der Waals surface area contributed by atoms with E-state index in [-0.39, 0.29) is 6.54 Å². The summed E-state index contributed by atoms with van der Waals surface area (Å²) in [5.74, 6) is 0.894. The fourth-order valence-electron chi connectivity index (χ4n) is 2.35. The van der Waals surface area contributed by atoms with E-state index >= 15 is 0 Å². The van der Waals surface area contributed by atoms with E-state index in [4.69, 9.17) is 4.74 Å². The highest BCUT2D eigenvalue weighted by atomic mass is 19.4. The summed E-state index contributed by atoms with van der Waals surface area (Å²) < 4.78 is 44.4. The van der Waals surface area contributed by atoms with Gasteiger partial charge in [0.25, 0.3) is 0 Å². The predicted molar refractivity (Wildman–Crippen MR) is 93.6 cm³/mol. The quantitative estimate of drug-likeness (QED) is 0.666. The Bertz CT molecular complexity index is 906. The molecule has 0 fully saturated rings. The Morgan fingerprint density at radius 3 is 2.26 bits per heavy atom. The van der Waals surface area contributed by atoms with Crippen molar-refractivity contribution in [1.29, 1.82) is 0 Å². The minimum atomic E-state index is -4.53. The van der Waals surface area contributed by atoms with Crippen LogP contribution in [0.25, 0.3) is 0 Å². The monoisotopic (exact) mass is 375 g/mol. The van der Waals surface area contributed by atoms with Crippen LogP contribution in [0.1, 0.15) is 5.69 Å². The van der Waals surface area contributed by atoms with Crippen molar-refractivity contribution >= 4 is 11.6 Å². The van der Waals surface area contributed by atoms with E-state index in [9.17, 15) is 18.0 Å². The van der Waals surface area contributed by atoms with Gasteiger partial charge in [0.05, 0.1) is 0 Å². The van der Waals surface area contributed by atoms with Crippen LogP contribution in [0.4, 0.5) is 18.9 Å². The van der Waals surface area contributed by atoms with E-state index in [0.717, 1.165) is 16.9 Å². The van der Waals surface area contributed by atoms with Crippen LogP contribution in [0.5, 0.6) is 11.5 Å². The first kappa shape index (κ1) is 18.5. The standard InChI is InChI=1S/C19H16F3N3O2/c1-24(18(26)13-25-12-11-17(23-25)19(20,21)22)14-7-9-16(10-8-14)27-15-5-3-2-4-6-15/h2-12H,13H2,1H3. The molecule has 0 unspecified atom stereocenters. The maximum absolute atomic E-state index is 12.6. The topological polar surface area (TPSA) is 47.4 Å². The van der Waals surface area contributed by atoms with Gasteiger partial charge in [0, 0.05) is 18.9 Å². The van der Waals surface area contributed by atoms with Crippen LogP contribution in [0, 0.1) is 0 Å². The van der Waals surface area contributed by atoms with E-state index in [1.54, 1.807) is 31.3 Å². The van der Waals surface area contributed by atoms with Crippen LogP contribution >= 0.6 is 0 Å². The summed E-state index contributed by atoms with van der Waals surface area (Å²) in [5, 5.41) is 3.38. The Hall–Kier alpha value is -3.29. The van der Waals surface area contributed by atoms with Crippen molar-refractivity contribution in [2.24, 2.45) is 0 Å². The second-order valence-electron chi connectivity index (χ2n) is 5.76. The Morgan fingerprint density at radius 1 is 1.04 bits per heavy atom. The summed E-state index contributed by atoms with van der Waals surface area (Å²) in [6.45, 7) is -0.297. The number of halogens is 3. The zero-order valence-electron chi connectivity index (χ0n) is 14.3. The summed E-state index contributed by atoms with van der Waals surface area (Å²) in [6, 6.07) is 16.9. The molecule has 0 saturated carbocycles. The molecule has 8 heteroatoms. The van der Waals surface area contributed by atoms with Crippen molar-refractivity contribution in [3.8, 4) is 11.5 Å². The average molecular weight is 375 g/mol. The molecule has 0 N–H and O–H groups in total. The molecule has 0 saturated heterocycles. The third-order valence-electron chi connectivity index (χ3n) is 3.81. The fraction of sp³-hybridized carbons (Fsp3) is 0.158. The van der Waals surface area contributed by atoms with Crippen molar-refractivity contribution < 1.29 is 22.7 Å². The highest BCUT2D eigenvalue weighted by molar-refractivity contribution is 5.92. The van der Waals surface area contributed by atoms with Crippen LogP contribution in [-0.2, 0) is 17.5 Å². The number of nitrogens with zero attached hydrogens (tertiary/aromatic N) is 3. The lowest BCUT2D eigenvalue weighted by atomic mass is 10.2. The molecule has 5 nitrogen and oxygen atoms in total. The zero-order valence-corrected chi connectivity index (χ0v) is 14.3. The summed E-state index contributed by atoms with van der Waals surface area (Å²) in [7, 11) is 1.55. The second kappa shape index (κ2) is 7.53. The molecule has 27 heavy (non-hydrogen) atoms. The summed E-state index contributed by atoms with van der Waals surface area (Å²) >= 11 is 0. The SMILES string of the molecule is CN(C(=O)Cn1ccc(C(F)(F)F)n1)c1ccc(Oc2ccccc2)cc1. The first-order chi connectivity index (χ1) is 12.8. The first-order valence-corrected chi connectivity index (χ1v) is 8.03. The molecule has 140 valence electrons. The Labute approximate surface area is 153 Å². The molecule has 0 bridgehead atoms. The number of rotatable bonds is 5. The van der Waals surface area contributed by atoms with Crippen molar-refractivity contribution in [2.75, 3.05) is 11.9 Å². The van der Waals surface area contributed by atoms with E-state index in [0.29, 0.717) is 17.2 Å². The van der Waals surface area contributed by atoms with Gasteiger partial charge in [0.2, 0.25) is 5.91 Å². The number of anilines is 1. The van der Waals surface area contributed by atoms with Gasteiger partial charge in [-0.3, -0.25) is 9.48 Å². The number of carbonyl (C=O) groups is 1. The lowest BCUT2D eigenvalue weighted by Gasteiger charge is -2.18. The maximum Gasteiger partial charge on any atom is 0.435 e. The van der Waals surface area contributed by atoms with Gasteiger partial charge in [-0.2, -0.15) is 18.3 Å². The number of aromatic nitrogens is 2. The minimum Gasteiger partial charge on any atom is -0.457 e. The molecular weight excluding hydrogens is 359 g/mol.